The fourth-order valence-electron chi connectivity index (χ4n) is 5.14. The van der Waals surface area contributed by atoms with Gasteiger partial charge in [0, 0.05) is 11.7 Å². The Morgan fingerprint density at radius 1 is 1.06 bits per heavy atom. The maximum Gasteiger partial charge on any atom is 0.417 e. The molecule has 0 saturated heterocycles. The Bertz CT molecular complexity index is 1120. The minimum absolute atomic E-state index is 0.102. The lowest BCUT2D eigenvalue weighted by atomic mass is 9.95. The first-order chi connectivity index (χ1) is 14.9. The number of imidazole rings is 1. The van der Waals surface area contributed by atoms with Crippen LogP contribution in [0.3, 0.4) is 0 Å². The van der Waals surface area contributed by atoms with Crippen LogP contribution in [-0.2, 0) is 6.18 Å². The number of carbonyl (C=O) groups excluding carboxylic acids is 1. The molecular formula is C24H22F3N3O. The van der Waals surface area contributed by atoms with Crippen molar-refractivity contribution in [1.82, 2.24) is 14.9 Å². The maximum absolute atomic E-state index is 13.5. The Morgan fingerprint density at radius 2 is 1.90 bits per heavy atom. The van der Waals surface area contributed by atoms with Crippen molar-refractivity contribution >= 4 is 5.91 Å². The Hall–Kier alpha value is -3.09. The van der Waals surface area contributed by atoms with Crippen molar-refractivity contribution in [3.8, 4) is 16.8 Å². The summed E-state index contributed by atoms with van der Waals surface area (Å²) in [7, 11) is 0. The smallest absolute Gasteiger partial charge is 0.348 e. The summed E-state index contributed by atoms with van der Waals surface area (Å²) in [6, 6.07) is 12.4. The molecule has 1 N–H and O–H groups in total. The van der Waals surface area contributed by atoms with Crippen LogP contribution in [0.4, 0.5) is 13.2 Å². The van der Waals surface area contributed by atoms with E-state index in [1.165, 1.54) is 37.5 Å². The fraction of sp³-hybridized carbons (Fsp3) is 0.333. The molecule has 1 amide bonds. The molecule has 2 aromatic carbocycles. The van der Waals surface area contributed by atoms with Crippen molar-refractivity contribution in [2.24, 2.45) is 11.8 Å². The molecule has 2 bridgehead atoms. The number of amides is 1. The SMILES string of the molecule is O=C(NC1CC2CCC1C2)c1cncn1-c1cccc(-c2ccccc2C(F)(F)F)c1. The normalized spacial score (nSPS) is 22.6. The second-order valence-electron chi connectivity index (χ2n) is 8.50. The maximum atomic E-state index is 13.5. The van der Waals surface area contributed by atoms with Crippen molar-refractivity contribution in [3.63, 3.8) is 0 Å². The van der Waals surface area contributed by atoms with Gasteiger partial charge in [0.2, 0.25) is 0 Å². The molecule has 2 aliphatic carbocycles. The molecule has 2 saturated carbocycles. The molecule has 3 atom stereocenters. The molecule has 31 heavy (non-hydrogen) atoms. The summed E-state index contributed by atoms with van der Waals surface area (Å²) < 4.78 is 42.0. The second-order valence-corrected chi connectivity index (χ2v) is 8.50. The van der Waals surface area contributed by atoms with Gasteiger partial charge in [-0.15, -0.1) is 0 Å². The minimum atomic E-state index is -4.45. The van der Waals surface area contributed by atoms with Gasteiger partial charge >= 0.3 is 6.18 Å². The summed E-state index contributed by atoms with van der Waals surface area (Å²) in [5.41, 5.74) is 0.810. The number of hydrogen-bond donors (Lipinski definition) is 1. The number of nitrogens with one attached hydrogen (secondary N) is 1. The van der Waals surface area contributed by atoms with Gasteiger partial charge in [-0.3, -0.25) is 9.36 Å². The predicted octanol–water partition coefficient (Wildman–Crippen LogP) is 5.48. The van der Waals surface area contributed by atoms with E-state index < -0.39 is 11.7 Å². The minimum Gasteiger partial charge on any atom is -0.348 e. The quantitative estimate of drug-likeness (QED) is 0.602. The highest BCUT2D eigenvalue weighted by Crippen LogP contribution is 2.44. The number of carbonyl (C=O) groups is 1. The Kier molecular flexibility index (Phi) is 4.84. The van der Waals surface area contributed by atoms with Gasteiger partial charge in [0.05, 0.1) is 18.1 Å². The third kappa shape index (κ3) is 3.73. The second kappa shape index (κ2) is 7.55. The van der Waals surface area contributed by atoms with E-state index in [2.05, 4.69) is 10.3 Å². The monoisotopic (exact) mass is 425 g/mol. The lowest BCUT2D eigenvalue weighted by molar-refractivity contribution is -0.137. The number of aromatic nitrogens is 2. The summed E-state index contributed by atoms with van der Waals surface area (Å²) in [6.07, 6.45) is 3.19. The van der Waals surface area contributed by atoms with Gasteiger partial charge in [0.25, 0.3) is 5.91 Å². The van der Waals surface area contributed by atoms with Gasteiger partial charge in [0.1, 0.15) is 5.69 Å². The van der Waals surface area contributed by atoms with Crippen LogP contribution in [0, 0.1) is 11.8 Å². The highest BCUT2D eigenvalue weighted by molar-refractivity contribution is 5.93. The van der Waals surface area contributed by atoms with Gasteiger partial charge in [-0.25, -0.2) is 4.98 Å². The van der Waals surface area contributed by atoms with E-state index in [1.807, 2.05) is 0 Å². The first-order valence-electron chi connectivity index (χ1n) is 10.5. The van der Waals surface area contributed by atoms with Crippen LogP contribution >= 0.6 is 0 Å². The molecule has 160 valence electrons. The van der Waals surface area contributed by atoms with Crippen LogP contribution in [0.2, 0.25) is 0 Å². The van der Waals surface area contributed by atoms with Crippen molar-refractivity contribution in [1.29, 1.82) is 0 Å². The van der Waals surface area contributed by atoms with Crippen molar-refractivity contribution in [2.75, 3.05) is 0 Å². The summed E-state index contributed by atoms with van der Waals surface area (Å²) in [5.74, 6) is 1.06. The number of fused-ring (bicyclic) bond motifs is 2. The van der Waals surface area contributed by atoms with Crippen LogP contribution < -0.4 is 5.32 Å². The van der Waals surface area contributed by atoms with Crippen molar-refractivity contribution in [3.05, 3.63) is 72.3 Å². The highest BCUT2D eigenvalue weighted by Gasteiger charge is 2.40. The number of rotatable bonds is 4. The first-order valence-corrected chi connectivity index (χ1v) is 10.5. The third-order valence-electron chi connectivity index (χ3n) is 6.59. The molecule has 1 aromatic heterocycles. The molecule has 1 heterocycles. The summed E-state index contributed by atoms with van der Waals surface area (Å²) in [6.45, 7) is 0. The van der Waals surface area contributed by atoms with Crippen LogP contribution in [0.25, 0.3) is 16.8 Å². The molecule has 2 aliphatic rings. The number of halogens is 3. The van der Waals surface area contributed by atoms with Crippen LogP contribution in [0.15, 0.2) is 61.1 Å². The zero-order valence-corrected chi connectivity index (χ0v) is 16.8. The molecule has 3 unspecified atom stereocenters. The average molecular weight is 425 g/mol. The topological polar surface area (TPSA) is 46.9 Å². The zero-order chi connectivity index (χ0) is 21.6. The zero-order valence-electron chi connectivity index (χ0n) is 16.8. The molecular weight excluding hydrogens is 403 g/mol. The van der Waals surface area contributed by atoms with E-state index in [4.69, 9.17) is 0 Å². The van der Waals surface area contributed by atoms with Gasteiger partial charge in [-0.05, 0) is 60.4 Å². The first kappa shape index (κ1) is 19.8. The number of nitrogens with zero attached hydrogens (tertiary/aromatic N) is 2. The van der Waals surface area contributed by atoms with E-state index in [9.17, 15) is 18.0 Å². The van der Waals surface area contributed by atoms with Crippen LogP contribution in [0.5, 0.6) is 0 Å². The number of hydrogen-bond acceptors (Lipinski definition) is 2. The van der Waals surface area contributed by atoms with E-state index in [1.54, 1.807) is 34.9 Å². The van der Waals surface area contributed by atoms with Crippen LogP contribution in [0.1, 0.15) is 41.7 Å². The average Bonchev–Trinajstić information content (AvgIpc) is 3.50. The highest BCUT2D eigenvalue weighted by atomic mass is 19.4. The van der Waals surface area contributed by atoms with Gasteiger partial charge in [-0.2, -0.15) is 13.2 Å². The van der Waals surface area contributed by atoms with Gasteiger partial charge in [0.15, 0.2) is 0 Å². The predicted molar refractivity (Wildman–Crippen MR) is 111 cm³/mol. The molecule has 7 heteroatoms. The fourth-order valence-corrected chi connectivity index (χ4v) is 5.14. The number of alkyl halides is 3. The standard InChI is InChI=1S/C24H22F3N3O/c25-24(26,27)20-7-2-1-6-19(20)16-4-3-5-18(12-16)30-14-28-13-22(30)23(31)29-21-11-15-8-9-17(21)10-15/h1-7,12-15,17,21H,8-11H2,(H,29,31). The number of benzene rings is 2. The van der Waals surface area contributed by atoms with E-state index in [-0.39, 0.29) is 17.5 Å². The van der Waals surface area contributed by atoms with Crippen molar-refractivity contribution < 1.29 is 18.0 Å². The van der Waals surface area contributed by atoms with E-state index >= 15 is 0 Å². The lowest BCUT2D eigenvalue weighted by Gasteiger charge is -2.23. The molecule has 0 spiro atoms. The lowest BCUT2D eigenvalue weighted by Crippen LogP contribution is -2.39. The largest absolute Gasteiger partial charge is 0.417 e. The molecule has 0 aliphatic heterocycles. The summed E-state index contributed by atoms with van der Waals surface area (Å²) >= 11 is 0. The molecule has 4 nitrogen and oxygen atoms in total. The molecule has 0 radical (unpaired) electrons. The third-order valence-corrected chi connectivity index (χ3v) is 6.59. The van der Waals surface area contributed by atoms with Crippen LogP contribution in [-0.4, -0.2) is 21.5 Å². The molecule has 2 fully saturated rings. The molecule has 3 aromatic rings. The Morgan fingerprint density at radius 3 is 2.65 bits per heavy atom. The summed E-state index contributed by atoms with van der Waals surface area (Å²) in [5, 5.41) is 3.15. The van der Waals surface area contributed by atoms with Gasteiger partial charge < -0.3 is 5.32 Å². The summed E-state index contributed by atoms with van der Waals surface area (Å²) in [4.78, 5) is 17.1. The van der Waals surface area contributed by atoms with E-state index in [0.29, 0.717) is 28.8 Å². The molecule has 5 rings (SSSR count). The Labute approximate surface area is 178 Å². The van der Waals surface area contributed by atoms with E-state index in [0.717, 1.165) is 18.9 Å². The Balaban J connectivity index is 1.44. The van der Waals surface area contributed by atoms with Crippen molar-refractivity contribution in [2.45, 2.75) is 37.9 Å². The van der Waals surface area contributed by atoms with Gasteiger partial charge in [-0.1, -0.05) is 36.8 Å².